The predicted molar refractivity (Wildman–Crippen MR) is 58.8 cm³/mol. The zero-order valence-electron chi connectivity index (χ0n) is 7.91. The Balaban J connectivity index is 2.82. The second-order valence-corrected chi connectivity index (χ2v) is 3.39. The number of nitriles is 1. The number of nitrogens with zero attached hydrogens (tertiary/aromatic N) is 1. The van der Waals surface area contributed by atoms with E-state index < -0.39 is 0 Å². The molecule has 14 heavy (non-hydrogen) atoms. The summed E-state index contributed by atoms with van der Waals surface area (Å²) in [6.45, 7) is 1.94. The van der Waals surface area contributed by atoms with Crippen molar-refractivity contribution in [1.29, 1.82) is 5.26 Å². The molecule has 0 spiro atoms. The lowest BCUT2D eigenvalue weighted by Crippen LogP contribution is -1.99. The molecule has 2 aromatic carbocycles. The minimum Gasteiger partial charge on any atom is -0.192 e. The van der Waals surface area contributed by atoms with E-state index in [0.29, 0.717) is 5.56 Å². The summed E-state index contributed by atoms with van der Waals surface area (Å²) in [6.07, 6.45) is 0. The second-order valence-electron chi connectivity index (χ2n) is 3.39. The lowest BCUT2D eigenvalue weighted by Gasteiger charge is -2.03. The standard InChI is InChI=1S/C12H8BN/c1-8-4-9-2-3-12(13)6-10(9)5-11(8)7-14/h2-6H,1H3. The second kappa shape index (κ2) is 3.19. The summed E-state index contributed by atoms with van der Waals surface area (Å²) >= 11 is 0. The average molecular weight is 177 g/mol. The maximum Gasteiger partial charge on any atom is 0.113 e. The fraction of sp³-hybridized carbons (Fsp3) is 0.0833. The van der Waals surface area contributed by atoms with Crippen LogP contribution in [0.25, 0.3) is 10.8 Å². The van der Waals surface area contributed by atoms with Crippen molar-refractivity contribution < 1.29 is 0 Å². The molecule has 2 rings (SSSR count). The number of aryl methyl sites for hydroxylation is 1. The van der Waals surface area contributed by atoms with Gasteiger partial charge in [0.25, 0.3) is 0 Å². The number of rotatable bonds is 0. The van der Waals surface area contributed by atoms with Gasteiger partial charge in [0.1, 0.15) is 7.85 Å². The average Bonchev–Trinajstić information content (AvgIpc) is 2.17. The first kappa shape index (κ1) is 8.84. The summed E-state index contributed by atoms with van der Waals surface area (Å²) < 4.78 is 0. The highest BCUT2D eigenvalue weighted by Gasteiger charge is 2.00. The molecule has 2 aromatic rings. The molecule has 0 unspecified atom stereocenters. The van der Waals surface area contributed by atoms with E-state index in [9.17, 15) is 0 Å². The van der Waals surface area contributed by atoms with Gasteiger partial charge >= 0.3 is 0 Å². The summed E-state index contributed by atoms with van der Waals surface area (Å²) in [5, 5.41) is 11.0. The van der Waals surface area contributed by atoms with Gasteiger partial charge in [-0.3, -0.25) is 0 Å². The molecular weight excluding hydrogens is 169 g/mol. The van der Waals surface area contributed by atoms with Crippen LogP contribution in [0.4, 0.5) is 0 Å². The lowest BCUT2D eigenvalue weighted by atomic mass is 9.92. The van der Waals surface area contributed by atoms with Crippen LogP contribution in [-0.2, 0) is 0 Å². The quantitative estimate of drug-likeness (QED) is 0.563. The van der Waals surface area contributed by atoms with Gasteiger partial charge in [-0.15, -0.1) is 0 Å². The molecule has 0 atom stereocenters. The summed E-state index contributed by atoms with van der Waals surface area (Å²) in [5.41, 5.74) is 2.44. The molecule has 0 amide bonds. The minimum atomic E-state index is 0.711. The molecule has 0 aliphatic rings. The Morgan fingerprint density at radius 3 is 2.64 bits per heavy atom. The van der Waals surface area contributed by atoms with Crippen molar-refractivity contribution in [3.05, 3.63) is 41.5 Å². The van der Waals surface area contributed by atoms with Crippen LogP contribution < -0.4 is 5.46 Å². The van der Waals surface area contributed by atoms with Gasteiger partial charge in [-0.25, -0.2) is 0 Å². The molecule has 0 aliphatic heterocycles. The van der Waals surface area contributed by atoms with Crippen molar-refractivity contribution in [1.82, 2.24) is 0 Å². The van der Waals surface area contributed by atoms with E-state index >= 15 is 0 Å². The molecule has 0 fully saturated rings. The molecule has 0 heterocycles. The van der Waals surface area contributed by atoms with Crippen LogP contribution in [0.5, 0.6) is 0 Å². The van der Waals surface area contributed by atoms with Gasteiger partial charge in [0, 0.05) is 0 Å². The highest BCUT2D eigenvalue weighted by atomic mass is 14.2. The van der Waals surface area contributed by atoms with Crippen molar-refractivity contribution in [3.8, 4) is 6.07 Å². The van der Waals surface area contributed by atoms with E-state index in [1.54, 1.807) is 0 Å². The van der Waals surface area contributed by atoms with Crippen molar-refractivity contribution >= 4 is 24.1 Å². The maximum absolute atomic E-state index is 8.87. The van der Waals surface area contributed by atoms with Crippen LogP contribution in [0.1, 0.15) is 11.1 Å². The van der Waals surface area contributed by atoms with Gasteiger partial charge in [0.15, 0.2) is 0 Å². The Morgan fingerprint density at radius 1 is 1.14 bits per heavy atom. The van der Waals surface area contributed by atoms with Gasteiger partial charge in [-0.05, 0) is 29.3 Å². The molecule has 0 saturated heterocycles. The van der Waals surface area contributed by atoms with E-state index in [4.69, 9.17) is 13.1 Å². The lowest BCUT2D eigenvalue weighted by molar-refractivity contribution is 1.42. The van der Waals surface area contributed by atoms with Crippen LogP contribution in [0.3, 0.4) is 0 Å². The topological polar surface area (TPSA) is 23.8 Å². The number of fused-ring (bicyclic) bond motifs is 1. The first-order valence-electron chi connectivity index (χ1n) is 4.41. The van der Waals surface area contributed by atoms with E-state index in [2.05, 4.69) is 6.07 Å². The van der Waals surface area contributed by atoms with Crippen molar-refractivity contribution in [3.63, 3.8) is 0 Å². The highest BCUT2D eigenvalue weighted by molar-refractivity contribution is 6.33. The number of hydrogen-bond donors (Lipinski definition) is 0. The molecular formula is C12H8BN. The van der Waals surface area contributed by atoms with E-state index in [0.717, 1.165) is 21.8 Å². The molecule has 0 aromatic heterocycles. The molecule has 64 valence electrons. The minimum absolute atomic E-state index is 0.711. The smallest absolute Gasteiger partial charge is 0.113 e. The van der Waals surface area contributed by atoms with Crippen LogP contribution in [0.15, 0.2) is 30.3 Å². The summed E-state index contributed by atoms with van der Waals surface area (Å²) in [4.78, 5) is 0. The van der Waals surface area contributed by atoms with Crippen molar-refractivity contribution in [2.45, 2.75) is 6.92 Å². The third kappa shape index (κ3) is 1.38. The first-order chi connectivity index (χ1) is 6.70. The molecule has 2 heteroatoms. The molecule has 0 saturated carbocycles. The SMILES string of the molecule is [B]c1ccc2cc(C)c(C#N)cc2c1. The Morgan fingerprint density at radius 2 is 1.93 bits per heavy atom. The van der Waals surface area contributed by atoms with Crippen molar-refractivity contribution in [2.75, 3.05) is 0 Å². The zero-order valence-corrected chi connectivity index (χ0v) is 7.91. The molecule has 1 nitrogen and oxygen atoms in total. The van der Waals surface area contributed by atoms with Gasteiger partial charge in [-0.2, -0.15) is 5.26 Å². The Hall–Kier alpha value is -1.75. The predicted octanol–water partition coefficient (Wildman–Crippen LogP) is 1.81. The Kier molecular flexibility index (Phi) is 2.01. The van der Waals surface area contributed by atoms with Crippen molar-refractivity contribution in [2.24, 2.45) is 0 Å². The van der Waals surface area contributed by atoms with E-state index in [-0.39, 0.29) is 0 Å². The highest BCUT2D eigenvalue weighted by Crippen LogP contribution is 2.17. The monoisotopic (exact) mass is 177 g/mol. The van der Waals surface area contributed by atoms with Crippen LogP contribution in [0, 0.1) is 18.3 Å². The molecule has 0 N–H and O–H groups in total. The van der Waals surface area contributed by atoms with Gasteiger partial charge in [0.2, 0.25) is 0 Å². The summed E-state index contributed by atoms with van der Waals surface area (Å²) in [7, 11) is 5.67. The van der Waals surface area contributed by atoms with Gasteiger partial charge in [-0.1, -0.05) is 29.7 Å². The first-order valence-corrected chi connectivity index (χ1v) is 4.41. The molecule has 0 bridgehead atoms. The Labute approximate surface area is 84.4 Å². The summed E-state index contributed by atoms with van der Waals surface area (Å²) in [6, 6.07) is 11.8. The van der Waals surface area contributed by atoms with Crippen LogP contribution in [0.2, 0.25) is 0 Å². The van der Waals surface area contributed by atoms with Crippen LogP contribution >= 0.6 is 0 Å². The third-order valence-electron chi connectivity index (χ3n) is 2.33. The largest absolute Gasteiger partial charge is 0.192 e. The van der Waals surface area contributed by atoms with Gasteiger partial charge in [0.05, 0.1) is 11.6 Å². The molecule has 0 aliphatic carbocycles. The molecule has 2 radical (unpaired) electrons. The van der Waals surface area contributed by atoms with Gasteiger partial charge < -0.3 is 0 Å². The van der Waals surface area contributed by atoms with E-state index in [1.807, 2.05) is 37.3 Å². The fourth-order valence-electron chi connectivity index (χ4n) is 1.55. The number of hydrogen-bond acceptors (Lipinski definition) is 1. The maximum atomic E-state index is 8.87. The summed E-state index contributed by atoms with van der Waals surface area (Å²) in [5.74, 6) is 0. The normalized spacial score (nSPS) is 10.0. The van der Waals surface area contributed by atoms with E-state index in [1.165, 1.54) is 0 Å². The fourth-order valence-corrected chi connectivity index (χ4v) is 1.55. The van der Waals surface area contributed by atoms with Crippen LogP contribution in [-0.4, -0.2) is 7.85 Å². The zero-order chi connectivity index (χ0) is 10.1. The third-order valence-corrected chi connectivity index (χ3v) is 2.33. The number of benzene rings is 2. The Bertz CT molecular complexity index is 538.